The molecule has 0 amide bonds. The van der Waals surface area contributed by atoms with Crippen LogP contribution in [0.4, 0.5) is 13.2 Å². The molecule has 0 bridgehead atoms. The first-order valence-electron chi connectivity index (χ1n) is 4.97. The maximum absolute atomic E-state index is 11.9. The molecular weight excluding hydrogens is 219 g/mol. The van der Waals surface area contributed by atoms with Crippen molar-refractivity contribution < 1.29 is 17.9 Å². The zero-order valence-electron chi connectivity index (χ0n) is 8.92. The van der Waals surface area contributed by atoms with Gasteiger partial charge >= 0.3 is 6.18 Å². The summed E-state index contributed by atoms with van der Waals surface area (Å²) in [7, 11) is 0. The number of ether oxygens (including phenoxy) is 1. The first kappa shape index (κ1) is 12.8. The van der Waals surface area contributed by atoms with Crippen LogP contribution in [0.1, 0.15) is 24.9 Å². The van der Waals surface area contributed by atoms with Gasteiger partial charge in [0.05, 0.1) is 0 Å². The molecular formula is C11H14F3NO. The maximum atomic E-state index is 11.9. The van der Waals surface area contributed by atoms with E-state index in [2.05, 4.69) is 4.74 Å². The maximum Gasteiger partial charge on any atom is 0.422 e. The summed E-state index contributed by atoms with van der Waals surface area (Å²) in [4.78, 5) is 0. The molecule has 1 aromatic rings. The third-order valence-corrected chi connectivity index (χ3v) is 2.13. The van der Waals surface area contributed by atoms with Gasteiger partial charge in [-0.1, -0.05) is 19.1 Å². The van der Waals surface area contributed by atoms with Gasteiger partial charge in [0.1, 0.15) is 5.75 Å². The van der Waals surface area contributed by atoms with Gasteiger partial charge in [-0.05, 0) is 24.1 Å². The summed E-state index contributed by atoms with van der Waals surface area (Å²) < 4.78 is 40.4. The molecule has 16 heavy (non-hydrogen) atoms. The lowest BCUT2D eigenvalue weighted by molar-refractivity contribution is -0.153. The van der Waals surface area contributed by atoms with Gasteiger partial charge in [-0.3, -0.25) is 0 Å². The molecule has 2 N–H and O–H groups in total. The Labute approximate surface area is 92.2 Å². The molecule has 1 aromatic carbocycles. The van der Waals surface area contributed by atoms with Gasteiger partial charge in [-0.15, -0.1) is 0 Å². The second-order valence-electron chi connectivity index (χ2n) is 3.49. The minimum absolute atomic E-state index is 0.172. The summed E-state index contributed by atoms with van der Waals surface area (Å²) in [6, 6.07) is 6.26. The smallest absolute Gasteiger partial charge is 0.422 e. The van der Waals surface area contributed by atoms with Crippen LogP contribution in [0.3, 0.4) is 0 Å². The average Bonchev–Trinajstić information content (AvgIpc) is 2.25. The lowest BCUT2D eigenvalue weighted by Crippen LogP contribution is -2.19. The first-order chi connectivity index (χ1) is 7.42. The van der Waals surface area contributed by atoms with Crippen LogP contribution in [-0.2, 0) is 0 Å². The molecule has 0 aromatic heterocycles. The molecule has 2 nitrogen and oxygen atoms in total. The second kappa shape index (κ2) is 5.21. The van der Waals surface area contributed by atoms with Crippen LogP contribution in [0, 0.1) is 0 Å². The zero-order chi connectivity index (χ0) is 12.2. The fourth-order valence-corrected chi connectivity index (χ4v) is 1.24. The van der Waals surface area contributed by atoms with Gasteiger partial charge in [0, 0.05) is 6.04 Å². The van der Waals surface area contributed by atoms with E-state index in [0.29, 0.717) is 0 Å². The quantitative estimate of drug-likeness (QED) is 0.867. The third-order valence-electron chi connectivity index (χ3n) is 2.13. The van der Waals surface area contributed by atoms with E-state index < -0.39 is 12.8 Å². The Morgan fingerprint density at radius 2 is 2.06 bits per heavy atom. The number of hydrogen-bond acceptors (Lipinski definition) is 2. The SMILES string of the molecule is CCC(N)c1cccc(OCC(F)(F)F)c1. The standard InChI is InChI=1S/C11H14F3NO/c1-2-10(15)8-4-3-5-9(6-8)16-7-11(12,13)14/h3-6,10H,2,7,15H2,1H3. The van der Waals surface area contributed by atoms with Crippen molar-refractivity contribution in [3.05, 3.63) is 29.8 Å². The monoisotopic (exact) mass is 233 g/mol. The van der Waals surface area contributed by atoms with Crippen molar-refractivity contribution in [1.29, 1.82) is 0 Å². The molecule has 5 heteroatoms. The van der Waals surface area contributed by atoms with Crippen LogP contribution in [-0.4, -0.2) is 12.8 Å². The van der Waals surface area contributed by atoms with Crippen LogP contribution in [0.15, 0.2) is 24.3 Å². The highest BCUT2D eigenvalue weighted by Gasteiger charge is 2.28. The molecule has 90 valence electrons. The molecule has 0 aliphatic heterocycles. The Bertz CT molecular complexity index is 338. The molecule has 1 rings (SSSR count). The highest BCUT2D eigenvalue weighted by atomic mass is 19.4. The van der Waals surface area contributed by atoms with Crippen molar-refractivity contribution in [2.24, 2.45) is 5.73 Å². The predicted octanol–water partition coefficient (Wildman–Crippen LogP) is 3.04. The Kier molecular flexibility index (Phi) is 4.18. The molecule has 0 saturated heterocycles. The molecule has 0 heterocycles. The molecule has 0 fully saturated rings. The number of halogens is 3. The highest BCUT2D eigenvalue weighted by Crippen LogP contribution is 2.22. The van der Waals surface area contributed by atoms with Crippen molar-refractivity contribution in [3.8, 4) is 5.75 Å². The van der Waals surface area contributed by atoms with Crippen LogP contribution in [0.2, 0.25) is 0 Å². The van der Waals surface area contributed by atoms with Crippen LogP contribution in [0.5, 0.6) is 5.75 Å². The normalized spacial score (nSPS) is 13.6. The van der Waals surface area contributed by atoms with Gasteiger partial charge in [0.2, 0.25) is 0 Å². The van der Waals surface area contributed by atoms with E-state index in [4.69, 9.17) is 5.73 Å². The van der Waals surface area contributed by atoms with E-state index >= 15 is 0 Å². The van der Waals surface area contributed by atoms with E-state index in [1.165, 1.54) is 6.07 Å². The van der Waals surface area contributed by atoms with E-state index in [0.717, 1.165) is 12.0 Å². The number of rotatable bonds is 4. The lowest BCUT2D eigenvalue weighted by Gasteiger charge is -2.12. The molecule has 1 atom stereocenters. The summed E-state index contributed by atoms with van der Waals surface area (Å²) in [6.45, 7) is 0.631. The molecule has 0 aliphatic carbocycles. The van der Waals surface area contributed by atoms with E-state index in [1.54, 1.807) is 18.2 Å². The molecule has 0 aliphatic rings. The number of benzene rings is 1. The minimum atomic E-state index is -4.32. The molecule has 0 saturated carbocycles. The largest absolute Gasteiger partial charge is 0.484 e. The Balaban J connectivity index is 2.68. The summed E-state index contributed by atoms with van der Waals surface area (Å²) >= 11 is 0. The van der Waals surface area contributed by atoms with Gasteiger partial charge in [0.25, 0.3) is 0 Å². The predicted molar refractivity (Wildman–Crippen MR) is 55.2 cm³/mol. The van der Waals surface area contributed by atoms with Crippen LogP contribution >= 0.6 is 0 Å². The average molecular weight is 233 g/mol. The molecule has 1 unspecified atom stereocenters. The molecule has 0 spiro atoms. The number of nitrogens with two attached hydrogens (primary N) is 1. The van der Waals surface area contributed by atoms with Crippen LogP contribution < -0.4 is 10.5 Å². The number of hydrogen-bond donors (Lipinski definition) is 1. The fourth-order valence-electron chi connectivity index (χ4n) is 1.24. The van der Waals surface area contributed by atoms with Crippen molar-refractivity contribution in [2.45, 2.75) is 25.6 Å². The highest BCUT2D eigenvalue weighted by molar-refractivity contribution is 5.30. The Morgan fingerprint density at radius 3 is 2.62 bits per heavy atom. The number of alkyl halides is 3. The van der Waals surface area contributed by atoms with Gasteiger partial charge in [-0.25, -0.2) is 0 Å². The van der Waals surface area contributed by atoms with Gasteiger partial charge < -0.3 is 10.5 Å². The van der Waals surface area contributed by atoms with E-state index in [9.17, 15) is 13.2 Å². The van der Waals surface area contributed by atoms with Crippen molar-refractivity contribution >= 4 is 0 Å². The first-order valence-corrected chi connectivity index (χ1v) is 4.97. The van der Waals surface area contributed by atoms with Gasteiger partial charge in [-0.2, -0.15) is 13.2 Å². The van der Waals surface area contributed by atoms with E-state index in [1.807, 2.05) is 6.92 Å². The second-order valence-corrected chi connectivity index (χ2v) is 3.49. The summed E-state index contributed by atoms with van der Waals surface area (Å²) in [5, 5.41) is 0. The van der Waals surface area contributed by atoms with Gasteiger partial charge in [0.15, 0.2) is 6.61 Å². The fraction of sp³-hybridized carbons (Fsp3) is 0.455. The summed E-state index contributed by atoms with van der Waals surface area (Å²) in [5.74, 6) is 0.193. The minimum Gasteiger partial charge on any atom is -0.484 e. The zero-order valence-corrected chi connectivity index (χ0v) is 8.92. The van der Waals surface area contributed by atoms with Crippen molar-refractivity contribution in [2.75, 3.05) is 6.61 Å². The third kappa shape index (κ3) is 4.10. The van der Waals surface area contributed by atoms with Crippen molar-refractivity contribution in [3.63, 3.8) is 0 Å². The topological polar surface area (TPSA) is 35.2 Å². The molecule has 0 radical (unpaired) electrons. The van der Waals surface area contributed by atoms with E-state index in [-0.39, 0.29) is 11.8 Å². The summed E-state index contributed by atoms with van der Waals surface area (Å²) in [6.07, 6.45) is -3.59. The Morgan fingerprint density at radius 1 is 1.38 bits per heavy atom. The Hall–Kier alpha value is -1.23. The van der Waals surface area contributed by atoms with Crippen LogP contribution in [0.25, 0.3) is 0 Å². The van der Waals surface area contributed by atoms with Crippen molar-refractivity contribution in [1.82, 2.24) is 0 Å². The summed E-state index contributed by atoms with van der Waals surface area (Å²) in [5.41, 5.74) is 6.55. The lowest BCUT2D eigenvalue weighted by atomic mass is 10.1.